The fraction of sp³-hybridized carbons (Fsp3) is 0.909. The van der Waals surface area contributed by atoms with Crippen molar-refractivity contribution in [2.45, 2.75) is 39.8 Å². The minimum absolute atomic E-state index is 0.0216. The molecule has 0 saturated carbocycles. The Morgan fingerprint density at radius 3 is 1.94 bits per heavy atom. The predicted molar refractivity (Wildman–Crippen MR) is 54.8 cm³/mol. The molecule has 0 N–H and O–H groups in total. The van der Waals surface area contributed by atoms with Crippen molar-refractivity contribution in [3.63, 3.8) is 0 Å². The maximum Gasteiger partial charge on any atom is 0.394 e. The summed E-state index contributed by atoms with van der Waals surface area (Å²) in [6.07, 6.45) is -4.13. The van der Waals surface area contributed by atoms with E-state index in [-0.39, 0.29) is 31.8 Å². The second-order valence-corrected chi connectivity index (χ2v) is 4.81. The quantitative estimate of drug-likeness (QED) is 0.686. The first-order chi connectivity index (χ1) is 7.21. The van der Waals surface area contributed by atoms with Crippen molar-refractivity contribution in [1.29, 1.82) is 0 Å². The van der Waals surface area contributed by atoms with Gasteiger partial charge in [0.15, 0.2) is 0 Å². The molecule has 0 radical (unpaired) electrons. The maximum absolute atomic E-state index is 13.1. The van der Waals surface area contributed by atoms with E-state index >= 15 is 0 Å². The smallest absolute Gasteiger partial charge is 0.343 e. The number of carbonyl (C=O) groups is 1. The lowest BCUT2D eigenvalue weighted by Crippen LogP contribution is -2.51. The Kier molecular flexibility index (Phi) is 3.55. The summed E-state index contributed by atoms with van der Waals surface area (Å²) in [5.41, 5.74) is -1.61. The lowest BCUT2D eigenvalue weighted by atomic mass is 9.69. The Morgan fingerprint density at radius 1 is 1.25 bits per heavy atom. The van der Waals surface area contributed by atoms with E-state index in [2.05, 4.69) is 0 Å². The summed E-state index contributed by atoms with van der Waals surface area (Å²) >= 11 is 0. The summed E-state index contributed by atoms with van der Waals surface area (Å²) in [6.45, 7) is 5.05. The van der Waals surface area contributed by atoms with Crippen molar-refractivity contribution in [3.05, 3.63) is 0 Å². The second-order valence-electron chi connectivity index (χ2n) is 4.81. The van der Waals surface area contributed by atoms with Gasteiger partial charge in [-0.15, -0.1) is 0 Å². The van der Waals surface area contributed by atoms with Crippen LogP contribution in [-0.2, 0) is 4.79 Å². The van der Waals surface area contributed by atoms with Gasteiger partial charge in [0.25, 0.3) is 0 Å². The zero-order valence-electron chi connectivity index (χ0n) is 9.90. The molecule has 2 nitrogen and oxygen atoms in total. The van der Waals surface area contributed by atoms with Gasteiger partial charge in [-0.1, -0.05) is 13.8 Å². The van der Waals surface area contributed by atoms with Crippen LogP contribution in [0.2, 0.25) is 0 Å². The molecule has 0 unspecified atom stereocenters. The Balaban J connectivity index is 2.83. The van der Waals surface area contributed by atoms with Gasteiger partial charge >= 0.3 is 6.18 Å². The van der Waals surface area contributed by atoms with Crippen molar-refractivity contribution in [3.8, 4) is 0 Å². The van der Waals surface area contributed by atoms with Crippen molar-refractivity contribution >= 4 is 5.91 Å². The Bertz CT molecular complexity index is 265. The van der Waals surface area contributed by atoms with Crippen LogP contribution < -0.4 is 0 Å². The minimum atomic E-state index is -4.18. The molecule has 0 aromatic rings. The Hall–Kier alpha value is -0.740. The monoisotopic (exact) mass is 237 g/mol. The SMILES string of the molecule is CC(=O)N1CCC(C(C)C)(C(F)(F)F)CC1. The fourth-order valence-electron chi connectivity index (χ4n) is 2.41. The second kappa shape index (κ2) is 4.26. The van der Waals surface area contributed by atoms with E-state index in [1.807, 2.05) is 0 Å². The number of hydrogen-bond donors (Lipinski definition) is 0. The molecule has 1 aliphatic rings. The first kappa shape index (κ1) is 13.3. The van der Waals surface area contributed by atoms with Gasteiger partial charge in [0, 0.05) is 20.0 Å². The van der Waals surface area contributed by atoms with E-state index < -0.39 is 17.5 Å². The first-order valence-corrected chi connectivity index (χ1v) is 5.53. The van der Waals surface area contributed by atoms with Crippen LogP contribution in [0, 0.1) is 11.3 Å². The summed E-state index contributed by atoms with van der Waals surface area (Å²) in [7, 11) is 0. The molecule has 1 rings (SSSR count). The summed E-state index contributed by atoms with van der Waals surface area (Å²) in [5, 5.41) is 0. The fourth-order valence-corrected chi connectivity index (χ4v) is 2.41. The number of piperidine rings is 1. The Morgan fingerprint density at radius 2 is 1.69 bits per heavy atom. The number of likely N-dealkylation sites (tertiary alicyclic amines) is 1. The van der Waals surface area contributed by atoms with Crippen LogP contribution in [-0.4, -0.2) is 30.1 Å². The first-order valence-electron chi connectivity index (χ1n) is 5.53. The third-order valence-electron chi connectivity index (χ3n) is 3.77. The van der Waals surface area contributed by atoms with Crippen LogP contribution in [0.4, 0.5) is 13.2 Å². The molecule has 5 heteroatoms. The van der Waals surface area contributed by atoms with Crippen LogP contribution in [0.1, 0.15) is 33.6 Å². The van der Waals surface area contributed by atoms with Gasteiger partial charge in [-0.25, -0.2) is 0 Å². The molecule has 16 heavy (non-hydrogen) atoms. The highest BCUT2D eigenvalue weighted by Crippen LogP contribution is 2.51. The maximum atomic E-state index is 13.1. The molecule has 0 aromatic heterocycles. The van der Waals surface area contributed by atoms with E-state index in [0.717, 1.165) is 0 Å². The largest absolute Gasteiger partial charge is 0.394 e. The molecule has 0 aliphatic carbocycles. The minimum Gasteiger partial charge on any atom is -0.343 e. The topological polar surface area (TPSA) is 20.3 Å². The van der Waals surface area contributed by atoms with Crippen LogP contribution in [0.25, 0.3) is 0 Å². The number of halogens is 3. The van der Waals surface area contributed by atoms with Crippen molar-refractivity contribution in [1.82, 2.24) is 4.90 Å². The number of hydrogen-bond acceptors (Lipinski definition) is 1. The summed E-state index contributed by atoms with van der Waals surface area (Å²) in [4.78, 5) is 12.6. The number of amides is 1. The van der Waals surface area contributed by atoms with Gasteiger partial charge in [0.2, 0.25) is 5.91 Å². The van der Waals surface area contributed by atoms with Gasteiger partial charge in [0.1, 0.15) is 0 Å². The van der Waals surface area contributed by atoms with Gasteiger partial charge in [0.05, 0.1) is 5.41 Å². The zero-order valence-corrected chi connectivity index (χ0v) is 9.90. The van der Waals surface area contributed by atoms with Crippen molar-refractivity contribution in [2.24, 2.45) is 11.3 Å². The van der Waals surface area contributed by atoms with Gasteiger partial charge in [-0.3, -0.25) is 4.79 Å². The average Bonchev–Trinajstić information content (AvgIpc) is 2.15. The van der Waals surface area contributed by atoms with E-state index in [0.29, 0.717) is 0 Å². The normalized spacial score (nSPS) is 21.3. The highest BCUT2D eigenvalue weighted by atomic mass is 19.4. The predicted octanol–water partition coefficient (Wildman–Crippen LogP) is 2.83. The molecule has 1 heterocycles. The van der Waals surface area contributed by atoms with E-state index in [1.54, 1.807) is 13.8 Å². The molecule has 0 atom stereocenters. The van der Waals surface area contributed by atoms with Crippen LogP contribution in [0.15, 0.2) is 0 Å². The molecule has 0 bridgehead atoms. The highest BCUT2D eigenvalue weighted by molar-refractivity contribution is 5.73. The summed E-state index contributed by atoms with van der Waals surface area (Å²) in [5.74, 6) is -0.582. The molecule has 1 fully saturated rings. The average molecular weight is 237 g/mol. The number of rotatable bonds is 1. The summed E-state index contributed by atoms with van der Waals surface area (Å²) < 4.78 is 39.2. The molecular formula is C11H18F3NO. The lowest BCUT2D eigenvalue weighted by Gasteiger charge is -2.45. The third-order valence-corrected chi connectivity index (χ3v) is 3.77. The van der Waals surface area contributed by atoms with Crippen molar-refractivity contribution < 1.29 is 18.0 Å². The number of alkyl halides is 3. The van der Waals surface area contributed by atoms with Gasteiger partial charge in [-0.05, 0) is 18.8 Å². The highest BCUT2D eigenvalue weighted by Gasteiger charge is 2.57. The Labute approximate surface area is 93.8 Å². The third kappa shape index (κ3) is 2.18. The van der Waals surface area contributed by atoms with Crippen LogP contribution >= 0.6 is 0 Å². The molecule has 1 saturated heterocycles. The molecule has 0 aromatic carbocycles. The zero-order chi connectivity index (χ0) is 12.6. The lowest BCUT2D eigenvalue weighted by molar-refractivity contribution is -0.253. The van der Waals surface area contributed by atoms with E-state index in [1.165, 1.54) is 11.8 Å². The summed E-state index contributed by atoms with van der Waals surface area (Å²) in [6, 6.07) is 0. The van der Waals surface area contributed by atoms with Gasteiger partial charge < -0.3 is 4.90 Å². The molecule has 94 valence electrons. The molecule has 1 amide bonds. The van der Waals surface area contributed by atoms with E-state index in [4.69, 9.17) is 0 Å². The molecular weight excluding hydrogens is 219 g/mol. The standard InChI is InChI=1S/C11H18F3NO/c1-8(2)10(11(12,13)14)4-6-15(7-5-10)9(3)16/h8H,4-7H2,1-3H3. The number of carbonyl (C=O) groups excluding carboxylic acids is 1. The molecule has 0 spiro atoms. The number of nitrogens with zero attached hydrogens (tertiary/aromatic N) is 1. The van der Waals surface area contributed by atoms with E-state index in [9.17, 15) is 18.0 Å². The molecule has 1 aliphatic heterocycles. The van der Waals surface area contributed by atoms with Crippen LogP contribution in [0.5, 0.6) is 0 Å². The van der Waals surface area contributed by atoms with Gasteiger partial charge in [-0.2, -0.15) is 13.2 Å². The van der Waals surface area contributed by atoms with Crippen LogP contribution in [0.3, 0.4) is 0 Å². The van der Waals surface area contributed by atoms with Crippen molar-refractivity contribution in [2.75, 3.05) is 13.1 Å².